The number of carboxylic acid groups (broad SMARTS) is 1. The summed E-state index contributed by atoms with van der Waals surface area (Å²) >= 11 is 3.31. The molecule has 1 heterocycles. The summed E-state index contributed by atoms with van der Waals surface area (Å²) in [5.41, 5.74) is 1.52. The maximum atomic E-state index is 13.1. The lowest BCUT2D eigenvalue weighted by atomic mass is 9.93. The molecule has 104 valence electrons. The van der Waals surface area contributed by atoms with Crippen molar-refractivity contribution in [1.29, 1.82) is 0 Å². The molecule has 3 nitrogen and oxygen atoms in total. The van der Waals surface area contributed by atoms with Gasteiger partial charge in [0, 0.05) is 16.9 Å². The summed E-state index contributed by atoms with van der Waals surface area (Å²) in [6, 6.07) is 7.88. The number of aromatic nitrogens is 1. The summed E-state index contributed by atoms with van der Waals surface area (Å²) in [5, 5.41) is 9.31. The number of hydrogen-bond acceptors (Lipinski definition) is 2. The van der Waals surface area contributed by atoms with E-state index in [2.05, 4.69) is 20.9 Å². The van der Waals surface area contributed by atoms with E-state index < -0.39 is 11.9 Å². The Morgan fingerprint density at radius 2 is 2.00 bits per heavy atom. The first kappa shape index (κ1) is 14.7. The molecule has 2 aromatic rings. The molecule has 1 unspecified atom stereocenters. The molecule has 0 aliphatic rings. The van der Waals surface area contributed by atoms with Crippen LogP contribution in [0.2, 0.25) is 0 Å². The van der Waals surface area contributed by atoms with E-state index in [-0.39, 0.29) is 5.82 Å². The van der Waals surface area contributed by atoms with Crippen molar-refractivity contribution in [3.05, 3.63) is 64.1 Å². The van der Waals surface area contributed by atoms with Crippen molar-refractivity contribution in [1.82, 2.24) is 4.98 Å². The standard InChI is InChI=1S/C15H13BrFNO2/c16-13-6-11(8-18-9-13)5-12(15(19)20)4-10-2-1-3-14(17)7-10/h1-3,6-9,12H,4-5H2,(H,19,20). The second kappa shape index (κ2) is 6.61. The van der Waals surface area contributed by atoms with Crippen molar-refractivity contribution in [2.24, 2.45) is 5.92 Å². The highest BCUT2D eigenvalue weighted by molar-refractivity contribution is 9.10. The quantitative estimate of drug-likeness (QED) is 0.908. The normalized spacial score (nSPS) is 12.1. The Hall–Kier alpha value is -1.75. The van der Waals surface area contributed by atoms with Gasteiger partial charge in [0.2, 0.25) is 0 Å². The SMILES string of the molecule is O=C(O)C(Cc1cccc(F)c1)Cc1cncc(Br)c1. The molecule has 0 aliphatic heterocycles. The van der Waals surface area contributed by atoms with Gasteiger partial charge in [0.25, 0.3) is 0 Å². The molecule has 20 heavy (non-hydrogen) atoms. The fourth-order valence-corrected chi connectivity index (χ4v) is 2.46. The minimum atomic E-state index is -0.894. The average molecular weight is 338 g/mol. The molecule has 0 spiro atoms. The van der Waals surface area contributed by atoms with Crippen LogP contribution < -0.4 is 0 Å². The molecular formula is C15H13BrFNO2. The summed E-state index contributed by atoms with van der Waals surface area (Å²) in [6.07, 6.45) is 3.94. The maximum absolute atomic E-state index is 13.1. The van der Waals surface area contributed by atoms with Gasteiger partial charge in [-0.25, -0.2) is 4.39 Å². The molecule has 5 heteroatoms. The van der Waals surface area contributed by atoms with Crippen molar-refractivity contribution in [3.63, 3.8) is 0 Å². The first-order valence-electron chi connectivity index (χ1n) is 6.11. The van der Waals surface area contributed by atoms with Crippen LogP contribution in [0.3, 0.4) is 0 Å². The third-order valence-corrected chi connectivity index (χ3v) is 3.40. The number of halogens is 2. The minimum Gasteiger partial charge on any atom is -0.481 e. The highest BCUT2D eigenvalue weighted by atomic mass is 79.9. The van der Waals surface area contributed by atoms with E-state index in [0.717, 1.165) is 10.0 Å². The molecule has 1 atom stereocenters. The van der Waals surface area contributed by atoms with Crippen molar-refractivity contribution in [3.8, 4) is 0 Å². The van der Waals surface area contributed by atoms with Crippen LogP contribution in [0, 0.1) is 11.7 Å². The van der Waals surface area contributed by atoms with Crippen molar-refractivity contribution < 1.29 is 14.3 Å². The van der Waals surface area contributed by atoms with Crippen molar-refractivity contribution >= 4 is 21.9 Å². The van der Waals surface area contributed by atoms with Crippen LogP contribution in [0.4, 0.5) is 4.39 Å². The van der Waals surface area contributed by atoms with Crippen LogP contribution >= 0.6 is 15.9 Å². The number of carbonyl (C=O) groups is 1. The highest BCUT2D eigenvalue weighted by Gasteiger charge is 2.19. The minimum absolute atomic E-state index is 0.291. The predicted octanol–water partition coefficient (Wildman–Crippen LogP) is 3.47. The number of carboxylic acids is 1. The molecule has 0 aliphatic carbocycles. The van der Waals surface area contributed by atoms with Gasteiger partial charge in [0.1, 0.15) is 5.82 Å². The number of pyridine rings is 1. The molecule has 0 saturated carbocycles. The monoisotopic (exact) mass is 337 g/mol. The van der Waals surface area contributed by atoms with Crippen LogP contribution in [-0.2, 0) is 17.6 Å². The molecule has 0 amide bonds. The van der Waals surface area contributed by atoms with Crippen LogP contribution in [-0.4, -0.2) is 16.1 Å². The summed E-state index contributed by atoms with van der Waals surface area (Å²) in [6.45, 7) is 0. The van der Waals surface area contributed by atoms with E-state index >= 15 is 0 Å². The van der Waals surface area contributed by atoms with E-state index in [1.807, 2.05) is 6.07 Å². The average Bonchev–Trinajstić information content (AvgIpc) is 2.38. The van der Waals surface area contributed by atoms with Gasteiger partial charge in [-0.15, -0.1) is 0 Å². The lowest BCUT2D eigenvalue weighted by Crippen LogP contribution is -2.19. The van der Waals surface area contributed by atoms with Gasteiger partial charge in [0.05, 0.1) is 5.92 Å². The van der Waals surface area contributed by atoms with Gasteiger partial charge in [-0.3, -0.25) is 9.78 Å². The largest absolute Gasteiger partial charge is 0.481 e. The predicted molar refractivity (Wildman–Crippen MR) is 76.9 cm³/mol. The Morgan fingerprint density at radius 3 is 2.65 bits per heavy atom. The maximum Gasteiger partial charge on any atom is 0.307 e. The third-order valence-electron chi connectivity index (χ3n) is 2.96. The molecule has 1 aromatic heterocycles. The molecule has 1 N–H and O–H groups in total. The fraction of sp³-hybridized carbons (Fsp3) is 0.200. The second-order valence-electron chi connectivity index (χ2n) is 4.58. The van der Waals surface area contributed by atoms with Crippen LogP contribution in [0.5, 0.6) is 0 Å². The second-order valence-corrected chi connectivity index (χ2v) is 5.50. The molecule has 2 rings (SSSR count). The topological polar surface area (TPSA) is 50.2 Å². The third kappa shape index (κ3) is 4.13. The zero-order valence-electron chi connectivity index (χ0n) is 10.6. The van der Waals surface area contributed by atoms with Gasteiger partial charge in [0.15, 0.2) is 0 Å². The smallest absolute Gasteiger partial charge is 0.307 e. The molecule has 0 bridgehead atoms. The van der Waals surface area contributed by atoms with E-state index in [1.165, 1.54) is 12.1 Å². The molecule has 0 saturated heterocycles. The first-order chi connectivity index (χ1) is 9.54. The van der Waals surface area contributed by atoms with E-state index in [1.54, 1.807) is 24.5 Å². The van der Waals surface area contributed by atoms with Crippen molar-refractivity contribution in [2.45, 2.75) is 12.8 Å². The number of nitrogens with zero attached hydrogens (tertiary/aromatic N) is 1. The summed E-state index contributed by atoms with van der Waals surface area (Å²) in [5.74, 6) is -1.85. The summed E-state index contributed by atoms with van der Waals surface area (Å²) in [7, 11) is 0. The lowest BCUT2D eigenvalue weighted by molar-refractivity contribution is -0.141. The van der Waals surface area contributed by atoms with Gasteiger partial charge in [-0.1, -0.05) is 12.1 Å². The Bertz CT molecular complexity index is 571. The zero-order chi connectivity index (χ0) is 14.5. The van der Waals surface area contributed by atoms with Gasteiger partial charge in [-0.05, 0) is 58.1 Å². The zero-order valence-corrected chi connectivity index (χ0v) is 12.2. The summed E-state index contributed by atoms with van der Waals surface area (Å²) < 4.78 is 13.9. The Labute approximate surface area is 124 Å². The highest BCUT2D eigenvalue weighted by Crippen LogP contribution is 2.18. The Kier molecular flexibility index (Phi) is 4.84. The van der Waals surface area contributed by atoms with Crippen LogP contribution in [0.25, 0.3) is 0 Å². The molecule has 0 radical (unpaired) electrons. The molecule has 1 aromatic carbocycles. The van der Waals surface area contributed by atoms with E-state index in [9.17, 15) is 14.3 Å². The molecular weight excluding hydrogens is 325 g/mol. The number of aliphatic carboxylic acids is 1. The number of rotatable bonds is 5. The number of hydrogen-bond donors (Lipinski definition) is 1. The fourth-order valence-electron chi connectivity index (χ4n) is 2.05. The van der Waals surface area contributed by atoms with Gasteiger partial charge in [-0.2, -0.15) is 0 Å². The molecule has 0 fully saturated rings. The number of benzene rings is 1. The lowest BCUT2D eigenvalue weighted by Gasteiger charge is -2.12. The van der Waals surface area contributed by atoms with Gasteiger partial charge < -0.3 is 5.11 Å². The van der Waals surface area contributed by atoms with E-state index in [0.29, 0.717) is 18.4 Å². The van der Waals surface area contributed by atoms with Crippen LogP contribution in [0.15, 0.2) is 47.2 Å². The first-order valence-corrected chi connectivity index (χ1v) is 6.90. The Morgan fingerprint density at radius 1 is 1.25 bits per heavy atom. The summed E-state index contributed by atoms with van der Waals surface area (Å²) in [4.78, 5) is 15.4. The Balaban J connectivity index is 2.13. The van der Waals surface area contributed by atoms with Crippen LogP contribution in [0.1, 0.15) is 11.1 Å². The van der Waals surface area contributed by atoms with Crippen molar-refractivity contribution in [2.75, 3.05) is 0 Å². The van der Waals surface area contributed by atoms with E-state index in [4.69, 9.17) is 0 Å². The van der Waals surface area contributed by atoms with Gasteiger partial charge >= 0.3 is 5.97 Å².